The third kappa shape index (κ3) is 2.92. The van der Waals surface area contributed by atoms with Crippen LogP contribution in [0.1, 0.15) is 35.1 Å². The second kappa shape index (κ2) is 5.53. The number of aryl methyl sites for hydroxylation is 3. The van der Waals surface area contributed by atoms with E-state index in [1.807, 2.05) is 0 Å². The van der Waals surface area contributed by atoms with Crippen molar-refractivity contribution in [2.45, 2.75) is 46.2 Å². The molecule has 0 N–H and O–H groups in total. The highest BCUT2D eigenvalue weighted by Crippen LogP contribution is 2.25. The Hall–Kier alpha value is -0.340. The van der Waals surface area contributed by atoms with Crippen molar-refractivity contribution in [3.63, 3.8) is 0 Å². The molecule has 1 unspecified atom stereocenters. The number of alkyl halides is 1. The molecule has 1 fully saturated rings. The normalized spacial score (nSPS) is 21.1. The van der Waals surface area contributed by atoms with E-state index >= 15 is 0 Å². The van der Waals surface area contributed by atoms with E-state index in [1.165, 1.54) is 41.6 Å². The summed E-state index contributed by atoms with van der Waals surface area (Å²) < 4.78 is 0. The van der Waals surface area contributed by atoms with E-state index in [4.69, 9.17) is 0 Å². The van der Waals surface area contributed by atoms with Crippen molar-refractivity contribution in [1.29, 1.82) is 0 Å². The van der Waals surface area contributed by atoms with Crippen molar-refractivity contribution in [1.82, 2.24) is 4.90 Å². The smallest absolute Gasteiger partial charge is 0.0242 e. The van der Waals surface area contributed by atoms with Gasteiger partial charge in [-0.1, -0.05) is 33.6 Å². The lowest BCUT2D eigenvalue weighted by Crippen LogP contribution is -2.30. The number of nitrogens with zero attached hydrogens (tertiary/aromatic N) is 1. The predicted molar refractivity (Wildman–Crippen MR) is 77.9 cm³/mol. The molecule has 1 atom stereocenters. The molecule has 1 aromatic carbocycles. The average molecular weight is 296 g/mol. The predicted octanol–water partition coefficient (Wildman–Crippen LogP) is 3.97. The summed E-state index contributed by atoms with van der Waals surface area (Å²) in [4.78, 5) is 2.62. The summed E-state index contributed by atoms with van der Waals surface area (Å²) in [5, 5.41) is 1.11. The van der Waals surface area contributed by atoms with Crippen molar-refractivity contribution in [3.8, 4) is 0 Å². The van der Waals surface area contributed by atoms with Gasteiger partial charge >= 0.3 is 0 Å². The third-order valence-corrected chi connectivity index (χ3v) is 4.63. The lowest BCUT2D eigenvalue weighted by Gasteiger charge is -2.24. The molecule has 1 aromatic rings. The highest BCUT2D eigenvalue weighted by Gasteiger charge is 2.24. The van der Waals surface area contributed by atoms with E-state index in [-0.39, 0.29) is 0 Å². The number of likely N-dealkylation sites (tertiary alicyclic amines) is 1. The summed E-state index contributed by atoms with van der Waals surface area (Å²) in [6.45, 7) is 9.04. The van der Waals surface area contributed by atoms with Crippen LogP contribution in [0.2, 0.25) is 0 Å². The maximum atomic E-state index is 3.64. The first-order valence-corrected chi connectivity index (χ1v) is 7.60. The molecule has 1 nitrogen and oxygen atoms in total. The highest BCUT2D eigenvalue weighted by atomic mass is 79.9. The number of hydrogen-bond donors (Lipinski definition) is 0. The van der Waals surface area contributed by atoms with E-state index in [1.54, 1.807) is 0 Å². The monoisotopic (exact) mass is 295 g/mol. The first-order valence-electron chi connectivity index (χ1n) is 6.48. The Bertz CT molecular complexity index is 377. The number of rotatable bonds is 3. The van der Waals surface area contributed by atoms with E-state index in [2.05, 4.69) is 53.7 Å². The maximum Gasteiger partial charge on any atom is 0.0242 e. The second-order valence-electron chi connectivity index (χ2n) is 5.30. The zero-order valence-corrected chi connectivity index (χ0v) is 12.7. The van der Waals surface area contributed by atoms with Crippen molar-refractivity contribution in [3.05, 3.63) is 34.4 Å². The fraction of sp³-hybridized carbons (Fsp3) is 0.600. The molecule has 2 heteroatoms. The zero-order chi connectivity index (χ0) is 12.4. The van der Waals surface area contributed by atoms with Gasteiger partial charge in [-0.3, -0.25) is 4.90 Å². The Kier molecular flexibility index (Phi) is 4.26. The van der Waals surface area contributed by atoms with Gasteiger partial charge in [0, 0.05) is 17.9 Å². The Morgan fingerprint density at radius 3 is 2.47 bits per heavy atom. The molecule has 1 aliphatic rings. The van der Waals surface area contributed by atoms with Crippen LogP contribution in [0.4, 0.5) is 0 Å². The first kappa shape index (κ1) is 13.1. The molecule has 2 rings (SSSR count). The van der Waals surface area contributed by atoms with Gasteiger partial charge in [0.15, 0.2) is 0 Å². The number of hydrogen-bond acceptors (Lipinski definition) is 1. The quantitative estimate of drug-likeness (QED) is 0.763. The Morgan fingerprint density at radius 2 is 1.88 bits per heavy atom. The van der Waals surface area contributed by atoms with Crippen LogP contribution < -0.4 is 0 Å². The summed E-state index contributed by atoms with van der Waals surface area (Å²) in [5.41, 5.74) is 5.80. The Labute approximate surface area is 113 Å². The summed E-state index contributed by atoms with van der Waals surface area (Å²) in [7, 11) is 0. The molecule has 0 spiro atoms. The molecule has 1 heterocycles. The first-order chi connectivity index (χ1) is 8.11. The Balaban J connectivity index is 2.18. The molecular formula is C15H22BrN. The van der Waals surface area contributed by atoms with Crippen molar-refractivity contribution in [2.24, 2.45) is 0 Å². The molecule has 1 saturated heterocycles. The van der Waals surface area contributed by atoms with Gasteiger partial charge in [0.1, 0.15) is 0 Å². The van der Waals surface area contributed by atoms with Crippen LogP contribution in [0.3, 0.4) is 0 Å². The van der Waals surface area contributed by atoms with Crippen LogP contribution in [-0.4, -0.2) is 22.8 Å². The van der Waals surface area contributed by atoms with Gasteiger partial charge in [-0.2, -0.15) is 0 Å². The van der Waals surface area contributed by atoms with Gasteiger partial charge < -0.3 is 0 Å². The second-order valence-corrected chi connectivity index (χ2v) is 5.95. The summed E-state index contributed by atoms with van der Waals surface area (Å²) in [6.07, 6.45) is 2.69. The lowest BCUT2D eigenvalue weighted by molar-refractivity contribution is 0.264. The summed E-state index contributed by atoms with van der Waals surface area (Å²) in [6, 6.07) is 5.35. The van der Waals surface area contributed by atoms with Crippen LogP contribution >= 0.6 is 15.9 Å². The van der Waals surface area contributed by atoms with Crippen LogP contribution in [0.25, 0.3) is 0 Å². The standard InChI is InChI=1S/C15H22BrN/c1-11-7-12(2)15(13(3)8-11)10-17-6-4-5-14(17)9-16/h7-8,14H,4-6,9-10H2,1-3H3. The molecule has 0 radical (unpaired) electrons. The largest absolute Gasteiger partial charge is 0.295 e. The molecule has 0 bridgehead atoms. The fourth-order valence-electron chi connectivity index (χ4n) is 2.94. The van der Waals surface area contributed by atoms with Crippen LogP contribution in [-0.2, 0) is 6.54 Å². The minimum Gasteiger partial charge on any atom is -0.295 e. The molecule has 0 aromatic heterocycles. The zero-order valence-electron chi connectivity index (χ0n) is 11.1. The van der Waals surface area contributed by atoms with E-state index < -0.39 is 0 Å². The highest BCUT2D eigenvalue weighted by molar-refractivity contribution is 9.09. The van der Waals surface area contributed by atoms with Gasteiger partial charge in [-0.05, 0) is 56.8 Å². The van der Waals surface area contributed by atoms with Crippen molar-refractivity contribution < 1.29 is 0 Å². The minimum atomic E-state index is 0.732. The van der Waals surface area contributed by atoms with Gasteiger partial charge in [0.25, 0.3) is 0 Å². The lowest BCUT2D eigenvalue weighted by atomic mass is 9.99. The topological polar surface area (TPSA) is 3.24 Å². The molecule has 0 amide bonds. The van der Waals surface area contributed by atoms with Crippen LogP contribution in [0, 0.1) is 20.8 Å². The number of benzene rings is 1. The average Bonchev–Trinajstić information content (AvgIpc) is 2.70. The molecule has 1 aliphatic heterocycles. The molecule has 17 heavy (non-hydrogen) atoms. The van der Waals surface area contributed by atoms with Gasteiger partial charge in [0.2, 0.25) is 0 Å². The minimum absolute atomic E-state index is 0.732. The fourth-order valence-corrected chi connectivity index (χ4v) is 3.67. The van der Waals surface area contributed by atoms with Crippen molar-refractivity contribution in [2.75, 3.05) is 11.9 Å². The van der Waals surface area contributed by atoms with Crippen LogP contribution in [0.5, 0.6) is 0 Å². The summed E-state index contributed by atoms with van der Waals surface area (Å²) in [5.74, 6) is 0. The third-order valence-electron chi connectivity index (χ3n) is 3.88. The summed E-state index contributed by atoms with van der Waals surface area (Å²) >= 11 is 3.64. The molecule has 94 valence electrons. The van der Waals surface area contributed by atoms with Crippen molar-refractivity contribution >= 4 is 15.9 Å². The van der Waals surface area contributed by atoms with E-state index in [9.17, 15) is 0 Å². The van der Waals surface area contributed by atoms with Gasteiger partial charge in [-0.25, -0.2) is 0 Å². The number of halogens is 1. The van der Waals surface area contributed by atoms with Gasteiger partial charge in [0.05, 0.1) is 0 Å². The SMILES string of the molecule is Cc1cc(C)c(CN2CCCC2CBr)c(C)c1. The molecule has 0 aliphatic carbocycles. The Morgan fingerprint density at radius 1 is 1.24 bits per heavy atom. The van der Waals surface area contributed by atoms with Gasteiger partial charge in [-0.15, -0.1) is 0 Å². The molecule has 0 saturated carbocycles. The van der Waals surface area contributed by atoms with E-state index in [0.717, 1.165) is 17.9 Å². The van der Waals surface area contributed by atoms with Crippen LogP contribution in [0.15, 0.2) is 12.1 Å². The molecular weight excluding hydrogens is 274 g/mol. The van der Waals surface area contributed by atoms with E-state index in [0.29, 0.717) is 0 Å². The maximum absolute atomic E-state index is 3.64.